The first-order valence-corrected chi connectivity index (χ1v) is 9.99. The summed E-state index contributed by atoms with van der Waals surface area (Å²) in [5, 5.41) is 26.6. The van der Waals surface area contributed by atoms with Gasteiger partial charge in [-0.15, -0.1) is 15.3 Å². The molecule has 0 aliphatic rings. The van der Waals surface area contributed by atoms with E-state index >= 15 is 0 Å². The summed E-state index contributed by atoms with van der Waals surface area (Å²) in [6.07, 6.45) is 0. The molecule has 0 aliphatic heterocycles. The monoisotopic (exact) mass is 422 g/mol. The van der Waals surface area contributed by atoms with E-state index in [0.717, 1.165) is 28.8 Å². The molecule has 0 bridgehead atoms. The SMILES string of the molecule is COc1ccc(-n2c(SCC(=O)O)nnc2-c2nnn(-c3ccccc3)c2C)cc1. The molecule has 0 saturated carbocycles. The smallest absolute Gasteiger partial charge is 0.313 e. The average Bonchev–Trinajstić information content (AvgIpc) is 3.36. The van der Waals surface area contributed by atoms with Crippen LogP contribution in [0, 0.1) is 6.92 Å². The molecule has 4 rings (SSSR count). The van der Waals surface area contributed by atoms with Crippen LogP contribution in [0.25, 0.3) is 22.9 Å². The summed E-state index contributed by atoms with van der Waals surface area (Å²) in [5.41, 5.74) is 2.99. The number of hydrogen-bond donors (Lipinski definition) is 1. The van der Waals surface area contributed by atoms with Gasteiger partial charge in [-0.2, -0.15) is 0 Å². The van der Waals surface area contributed by atoms with Crippen LogP contribution in [0.4, 0.5) is 0 Å². The predicted molar refractivity (Wildman–Crippen MR) is 111 cm³/mol. The molecule has 2 heterocycles. The van der Waals surface area contributed by atoms with Crippen molar-refractivity contribution in [2.75, 3.05) is 12.9 Å². The number of carboxylic acids is 1. The quantitative estimate of drug-likeness (QED) is 0.453. The van der Waals surface area contributed by atoms with Crippen molar-refractivity contribution in [3.63, 3.8) is 0 Å². The summed E-state index contributed by atoms with van der Waals surface area (Å²) in [6, 6.07) is 17.0. The van der Waals surface area contributed by atoms with Gasteiger partial charge in [-0.25, -0.2) is 4.68 Å². The van der Waals surface area contributed by atoms with E-state index in [-0.39, 0.29) is 5.75 Å². The van der Waals surface area contributed by atoms with E-state index < -0.39 is 5.97 Å². The molecule has 0 amide bonds. The topological polar surface area (TPSA) is 108 Å². The molecule has 0 radical (unpaired) electrons. The number of para-hydroxylation sites is 1. The Balaban J connectivity index is 1.82. The highest BCUT2D eigenvalue weighted by Crippen LogP contribution is 2.30. The number of ether oxygens (including phenoxy) is 1. The summed E-state index contributed by atoms with van der Waals surface area (Å²) in [4.78, 5) is 11.1. The Morgan fingerprint density at radius 2 is 1.77 bits per heavy atom. The minimum atomic E-state index is -0.933. The fraction of sp³-hybridized carbons (Fsp3) is 0.150. The third-order valence-electron chi connectivity index (χ3n) is 4.40. The van der Waals surface area contributed by atoms with Crippen LogP contribution in [-0.2, 0) is 4.79 Å². The van der Waals surface area contributed by atoms with Crippen molar-refractivity contribution in [3.05, 3.63) is 60.3 Å². The molecule has 30 heavy (non-hydrogen) atoms. The largest absolute Gasteiger partial charge is 0.497 e. The number of thioether (sulfide) groups is 1. The molecular formula is C20H18N6O3S. The lowest BCUT2D eigenvalue weighted by Crippen LogP contribution is -2.04. The maximum absolute atomic E-state index is 11.1. The standard InChI is InChI=1S/C20H18N6O3S/c1-13-18(21-24-26(13)15-6-4-3-5-7-15)19-22-23-20(30-12-17(27)28)25(19)14-8-10-16(29-2)11-9-14/h3-11H,12H2,1-2H3,(H,27,28). The number of benzene rings is 2. The molecule has 152 valence electrons. The van der Waals surface area contributed by atoms with Crippen molar-refractivity contribution >= 4 is 17.7 Å². The second-order valence-electron chi connectivity index (χ2n) is 6.29. The molecule has 10 heteroatoms. The first-order chi connectivity index (χ1) is 14.6. The number of methoxy groups -OCH3 is 1. The number of carboxylic acid groups (broad SMARTS) is 1. The van der Waals surface area contributed by atoms with E-state index in [1.165, 1.54) is 0 Å². The van der Waals surface area contributed by atoms with Gasteiger partial charge in [-0.05, 0) is 43.3 Å². The molecule has 9 nitrogen and oxygen atoms in total. The van der Waals surface area contributed by atoms with Crippen molar-refractivity contribution in [2.45, 2.75) is 12.1 Å². The van der Waals surface area contributed by atoms with E-state index in [1.54, 1.807) is 16.4 Å². The van der Waals surface area contributed by atoms with Crippen molar-refractivity contribution < 1.29 is 14.6 Å². The number of aromatic nitrogens is 6. The molecule has 0 atom stereocenters. The molecule has 2 aromatic carbocycles. The molecular weight excluding hydrogens is 404 g/mol. The lowest BCUT2D eigenvalue weighted by molar-refractivity contribution is -0.133. The third-order valence-corrected chi connectivity index (χ3v) is 5.31. The van der Waals surface area contributed by atoms with Crippen LogP contribution in [0.3, 0.4) is 0 Å². The van der Waals surface area contributed by atoms with Crippen molar-refractivity contribution in [1.82, 2.24) is 29.8 Å². The maximum Gasteiger partial charge on any atom is 0.313 e. The van der Waals surface area contributed by atoms with Crippen LogP contribution in [0.2, 0.25) is 0 Å². The van der Waals surface area contributed by atoms with Gasteiger partial charge in [0, 0.05) is 0 Å². The normalized spacial score (nSPS) is 10.9. The highest BCUT2D eigenvalue weighted by Gasteiger charge is 2.22. The molecule has 0 spiro atoms. The fourth-order valence-electron chi connectivity index (χ4n) is 2.96. The van der Waals surface area contributed by atoms with Gasteiger partial charge in [-0.3, -0.25) is 9.36 Å². The van der Waals surface area contributed by atoms with Gasteiger partial charge in [0.25, 0.3) is 0 Å². The second-order valence-corrected chi connectivity index (χ2v) is 7.24. The number of aliphatic carboxylic acids is 1. The molecule has 1 N–H and O–H groups in total. The number of nitrogens with zero attached hydrogens (tertiary/aromatic N) is 6. The van der Waals surface area contributed by atoms with Crippen molar-refractivity contribution in [2.24, 2.45) is 0 Å². The van der Waals surface area contributed by atoms with Crippen molar-refractivity contribution in [3.8, 4) is 28.6 Å². The zero-order valence-corrected chi connectivity index (χ0v) is 17.1. The van der Waals surface area contributed by atoms with Gasteiger partial charge in [0.2, 0.25) is 0 Å². The third kappa shape index (κ3) is 3.77. The lowest BCUT2D eigenvalue weighted by atomic mass is 10.2. The van der Waals surface area contributed by atoms with Crippen LogP contribution >= 0.6 is 11.8 Å². The summed E-state index contributed by atoms with van der Waals surface area (Å²) in [7, 11) is 1.60. The Morgan fingerprint density at radius 3 is 2.43 bits per heavy atom. The van der Waals surface area contributed by atoms with Crippen LogP contribution in [0.15, 0.2) is 59.8 Å². The van der Waals surface area contributed by atoms with E-state index in [0.29, 0.717) is 22.4 Å². The Morgan fingerprint density at radius 1 is 1.03 bits per heavy atom. The maximum atomic E-state index is 11.1. The Kier molecular flexibility index (Phi) is 5.48. The molecule has 0 unspecified atom stereocenters. The van der Waals surface area contributed by atoms with E-state index in [1.807, 2.05) is 61.5 Å². The van der Waals surface area contributed by atoms with Gasteiger partial charge in [0.05, 0.1) is 29.9 Å². The summed E-state index contributed by atoms with van der Waals surface area (Å²) in [5.74, 6) is 0.119. The minimum Gasteiger partial charge on any atom is -0.497 e. The molecule has 0 aliphatic carbocycles. The number of rotatable bonds is 7. The minimum absolute atomic E-state index is 0.135. The predicted octanol–water partition coefficient (Wildman–Crippen LogP) is 3.01. The second kappa shape index (κ2) is 8.37. The average molecular weight is 422 g/mol. The van der Waals surface area contributed by atoms with E-state index in [4.69, 9.17) is 9.84 Å². The van der Waals surface area contributed by atoms with E-state index in [9.17, 15) is 4.79 Å². The van der Waals surface area contributed by atoms with Gasteiger partial charge in [0.15, 0.2) is 16.7 Å². The van der Waals surface area contributed by atoms with Gasteiger partial charge in [0.1, 0.15) is 5.75 Å². The first-order valence-electron chi connectivity index (χ1n) is 9.01. The number of carbonyl (C=O) groups is 1. The summed E-state index contributed by atoms with van der Waals surface area (Å²) in [6.45, 7) is 1.90. The van der Waals surface area contributed by atoms with Gasteiger partial charge < -0.3 is 9.84 Å². The first kappa shape index (κ1) is 19.6. The Labute approximate surface area is 176 Å². The lowest BCUT2D eigenvalue weighted by Gasteiger charge is -2.10. The fourth-order valence-corrected chi connectivity index (χ4v) is 3.63. The highest BCUT2D eigenvalue weighted by molar-refractivity contribution is 7.99. The molecule has 0 fully saturated rings. The van der Waals surface area contributed by atoms with Crippen LogP contribution < -0.4 is 4.74 Å². The van der Waals surface area contributed by atoms with Crippen LogP contribution in [0.5, 0.6) is 5.75 Å². The zero-order chi connectivity index (χ0) is 21.1. The molecule has 4 aromatic rings. The number of hydrogen-bond acceptors (Lipinski definition) is 7. The van der Waals surface area contributed by atoms with Gasteiger partial charge >= 0.3 is 5.97 Å². The zero-order valence-electron chi connectivity index (χ0n) is 16.3. The highest BCUT2D eigenvalue weighted by atomic mass is 32.2. The van der Waals surface area contributed by atoms with Gasteiger partial charge in [-0.1, -0.05) is 35.2 Å². The van der Waals surface area contributed by atoms with E-state index in [2.05, 4.69) is 20.5 Å². The molecule has 0 saturated heterocycles. The molecule has 2 aromatic heterocycles. The Hall–Kier alpha value is -3.66. The summed E-state index contributed by atoms with van der Waals surface area (Å²) >= 11 is 1.09. The van der Waals surface area contributed by atoms with Crippen LogP contribution in [-0.4, -0.2) is 53.7 Å². The van der Waals surface area contributed by atoms with Crippen LogP contribution in [0.1, 0.15) is 5.69 Å². The van der Waals surface area contributed by atoms with Crippen molar-refractivity contribution in [1.29, 1.82) is 0 Å². The summed E-state index contributed by atoms with van der Waals surface area (Å²) < 4.78 is 8.74. The Bertz CT molecular complexity index is 1170.